The first-order chi connectivity index (χ1) is 12.7. The van der Waals surface area contributed by atoms with Crippen molar-refractivity contribution in [1.29, 1.82) is 0 Å². The molecular formula is C19H17N5O2. The average molecular weight is 347 g/mol. The maximum absolute atomic E-state index is 11.4. The van der Waals surface area contributed by atoms with Crippen LogP contribution in [0.5, 0.6) is 11.5 Å². The molecule has 0 saturated carbocycles. The minimum Gasteiger partial charge on any atom is -0.457 e. The van der Waals surface area contributed by atoms with E-state index in [1.165, 1.54) is 0 Å². The maximum atomic E-state index is 11.4. The summed E-state index contributed by atoms with van der Waals surface area (Å²) in [6.45, 7) is 0. The smallest absolute Gasteiger partial charge is 0.224 e. The molecule has 1 amide bonds. The van der Waals surface area contributed by atoms with Crippen LogP contribution in [0.25, 0.3) is 11.3 Å². The van der Waals surface area contributed by atoms with Crippen molar-refractivity contribution in [2.24, 2.45) is 4.99 Å². The number of H-pyrrole nitrogens is 1. The van der Waals surface area contributed by atoms with Crippen molar-refractivity contribution in [2.45, 2.75) is 12.8 Å². The van der Waals surface area contributed by atoms with Gasteiger partial charge in [0.1, 0.15) is 22.9 Å². The van der Waals surface area contributed by atoms with Crippen LogP contribution in [0.2, 0.25) is 0 Å². The molecule has 1 aliphatic rings. The predicted molar refractivity (Wildman–Crippen MR) is 98.8 cm³/mol. The summed E-state index contributed by atoms with van der Waals surface area (Å²) < 4.78 is 5.94. The van der Waals surface area contributed by atoms with E-state index in [1.807, 2.05) is 42.5 Å². The monoisotopic (exact) mass is 347 g/mol. The number of amides is 1. The van der Waals surface area contributed by atoms with Crippen LogP contribution in [-0.2, 0) is 11.2 Å². The molecule has 130 valence electrons. The van der Waals surface area contributed by atoms with Gasteiger partial charge in [0.05, 0.1) is 6.21 Å². The van der Waals surface area contributed by atoms with Gasteiger partial charge in [-0.25, -0.2) is 0 Å². The fourth-order valence-electron chi connectivity index (χ4n) is 2.90. The summed E-state index contributed by atoms with van der Waals surface area (Å²) in [7, 11) is 1.69. The zero-order valence-electron chi connectivity index (χ0n) is 14.2. The van der Waals surface area contributed by atoms with E-state index >= 15 is 0 Å². The standard InChI is InChI=1S/C19H17N5O2/c1-20-11-17-19(23-24-22-17)12-2-5-14(6-3-12)26-15-7-8-16-13(10-15)4-9-18(25)21-16/h2-3,5-8,10-11H,4,9H2,1H3,(H,21,25)(H,22,23,24). The molecule has 1 aliphatic heterocycles. The van der Waals surface area contributed by atoms with Crippen molar-refractivity contribution in [3.8, 4) is 22.8 Å². The number of carbonyl (C=O) groups excluding carboxylic acids is 1. The predicted octanol–water partition coefficient (Wildman–Crippen LogP) is 3.20. The van der Waals surface area contributed by atoms with Gasteiger partial charge in [-0.1, -0.05) is 0 Å². The quantitative estimate of drug-likeness (QED) is 0.709. The minimum atomic E-state index is 0.0575. The van der Waals surface area contributed by atoms with E-state index in [4.69, 9.17) is 4.74 Å². The van der Waals surface area contributed by atoms with Gasteiger partial charge >= 0.3 is 0 Å². The number of rotatable bonds is 4. The van der Waals surface area contributed by atoms with Crippen molar-refractivity contribution in [3.63, 3.8) is 0 Å². The third-order valence-electron chi connectivity index (χ3n) is 4.16. The maximum Gasteiger partial charge on any atom is 0.224 e. The molecular weight excluding hydrogens is 330 g/mol. The number of aromatic amines is 1. The molecule has 2 aromatic carbocycles. The molecule has 0 atom stereocenters. The number of aromatic nitrogens is 3. The number of hydrogen-bond acceptors (Lipinski definition) is 5. The molecule has 0 aliphatic carbocycles. The highest BCUT2D eigenvalue weighted by Crippen LogP contribution is 2.30. The lowest BCUT2D eigenvalue weighted by molar-refractivity contribution is -0.116. The number of fused-ring (bicyclic) bond motifs is 1. The summed E-state index contributed by atoms with van der Waals surface area (Å²) in [5.41, 5.74) is 4.31. The summed E-state index contributed by atoms with van der Waals surface area (Å²) in [6.07, 6.45) is 2.90. The molecule has 0 radical (unpaired) electrons. The van der Waals surface area contributed by atoms with E-state index in [9.17, 15) is 4.79 Å². The molecule has 1 aromatic heterocycles. The largest absolute Gasteiger partial charge is 0.457 e. The molecule has 0 fully saturated rings. The molecule has 2 heterocycles. The second kappa shape index (κ2) is 6.79. The van der Waals surface area contributed by atoms with E-state index in [1.54, 1.807) is 13.3 Å². The van der Waals surface area contributed by atoms with Gasteiger partial charge in [0, 0.05) is 24.7 Å². The van der Waals surface area contributed by atoms with Crippen LogP contribution in [0, 0.1) is 0 Å². The number of aliphatic imine (C=N–C) groups is 1. The lowest BCUT2D eigenvalue weighted by atomic mass is 10.0. The highest BCUT2D eigenvalue weighted by Gasteiger charge is 2.15. The first kappa shape index (κ1) is 16.0. The molecule has 3 aromatic rings. The van der Waals surface area contributed by atoms with E-state index in [0.29, 0.717) is 12.1 Å². The van der Waals surface area contributed by atoms with Gasteiger partial charge in [0.25, 0.3) is 0 Å². The first-order valence-corrected chi connectivity index (χ1v) is 8.27. The Bertz CT molecular complexity index is 976. The van der Waals surface area contributed by atoms with Gasteiger partial charge in [-0.05, 0) is 54.4 Å². The summed E-state index contributed by atoms with van der Waals surface area (Å²) in [5.74, 6) is 1.53. The summed E-state index contributed by atoms with van der Waals surface area (Å²) >= 11 is 0. The van der Waals surface area contributed by atoms with Gasteiger partial charge in [0.15, 0.2) is 0 Å². The fraction of sp³-hybridized carbons (Fsp3) is 0.158. The van der Waals surface area contributed by atoms with Crippen molar-refractivity contribution in [1.82, 2.24) is 15.4 Å². The number of nitrogens with one attached hydrogen (secondary N) is 2. The molecule has 4 rings (SSSR count). The molecule has 2 N–H and O–H groups in total. The molecule has 0 spiro atoms. The Morgan fingerprint density at radius 3 is 2.69 bits per heavy atom. The second-order valence-electron chi connectivity index (χ2n) is 5.94. The lowest BCUT2D eigenvalue weighted by Crippen LogP contribution is -2.18. The Morgan fingerprint density at radius 1 is 1.08 bits per heavy atom. The zero-order chi connectivity index (χ0) is 17.9. The first-order valence-electron chi connectivity index (χ1n) is 8.27. The number of aryl methyl sites for hydroxylation is 1. The molecule has 0 bridgehead atoms. The van der Waals surface area contributed by atoms with Crippen LogP contribution < -0.4 is 10.1 Å². The highest BCUT2D eigenvalue weighted by molar-refractivity contribution is 5.94. The third kappa shape index (κ3) is 3.19. The zero-order valence-corrected chi connectivity index (χ0v) is 14.2. The Labute approximate surface area is 150 Å². The Morgan fingerprint density at radius 2 is 1.88 bits per heavy atom. The van der Waals surface area contributed by atoms with Crippen molar-refractivity contribution >= 4 is 17.8 Å². The van der Waals surface area contributed by atoms with E-state index in [-0.39, 0.29) is 5.91 Å². The Balaban J connectivity index is 1.53. The van der Waals surface area contributed by atoms with Crippen LogP contribution in [0.15, 0.2) is 47.5 Å². The summed E-state index contributed by atoms with van der Waals surface area (Å²) in [4.78, 5) is 15.4. The molecule has 26 heavy (non-hydrogen) atoms. The van der Waals surface area contributed by atoms with Gasteiger partial charge in [-0.2, -0.15) is 15.4 Å². The van der Waals surface area contributed by atoms with Gasteiger partial charge in [-0.3, -0.25) is 9.79 Å². The summed E-state index contributed by atoms with van der Waals surface area (Å²) in [5, 5.41) is 13.7. The third-order valence-corrected chi connectivity index (χ3v) is 4.16. The number of carbonyl (C=O) groups is 1. The van der Waals surface area contributed by atoms with Crippen molar-refractivity contribution in [2.75, 3.05) is 12.4 Å². The van der Waals surface area contributed by atoms with Crippen LogP contribution >= 0.6 is 0 Å². The molecule has 0 unspecified atom stereocenters. The van der Waals surface area contributed by atoms with Gasteiger partial charge in [0.2, 0.25) is 5.91 Å². The number of ether oxygens (including phenoxy) is 1. The van der Waals surface area contributed by atoms with Crippen LogP contribution in [0.1, 0.15) is 17.7 Å². The van der Waals surface area contributed by atoms with Crippen LogP contribution in [0.3, 0.4) is 0 Å². The van der Waals surface area contributed by atoms with Gasteiger partial charge < -0.3 is 10.1 Å². The Hall–Kier alpha value is -3.48. The number of nitrogens with zero attached hydrogens (tertiary/aromatic N) is 3. The SMILES string of the molecule is CN=Cc1n[nH]nc1-c1ccc(Oc2ccc3c(c2)CCC(=O)N3)cc1. The second-order valence-corrected chi connectivity index (χ2v) is 5.94. The number of benzene rings is 2. The Kier molecular flexibility index (Phi) is 4.18. The normalized spacial score (nSPS) is 13.5. The molecule has 7 nitrogen and oxygen atoms in total. The van der Waals surface area contributed by atoms with Crippen molar-refractivity contribution < 1.29 is 9.53 Å². The van der Waals surface area contributed by atoms with E-state index in [0.717, 1.165) is 40.4 Å². The highest BCUT2D eigenvalue weighted by atomic mass is 16.5. The molecule has 0 saturated heterocycles. The topological polar surface area (TPSA) is 92.3 Å². The van der Waals surface area contributed by atoms with Crippen LogP contribution in [0.4, 0.5) is 5.69 Å². The van der Waals surface area contributed by atoms with E-state index < -0.39 is 0 Å². The fourth-order valence-corrected chi connectivity index (χ4v) is 2.90. The van der Waals surface area contributed by atoms with Gasteiger partial charge in [-0.15, -0.1) is 0 Å². The minimum absolute atomic E-state index is 0.0575. The molecule has 7 heteroatoms. The van der Waals surface area contributed by atoms with E-state index in [2.05, 4.69) is 25.7 Å². The number of hydrogen-bond donors (Lipinski definition) is 2. The lowest BCUT2D eigenvalue weighted by Gasteiger charge is -2.17. The van der Waals surface area contributed by atoms with Crippen molar-refractivity contribution in [3.05, 3.63) is 53.7 Å². The summed E-state index contributed by atoms with van der Waals surface area (Å²) in [6, 6.07) is 13.3. The van der Waals surface area contributed by atoms with Crippen LogP contribution in [-0.4, -0.2) is 34.6 Å². The average Bonchev–Trinajstić information content (AvgIpc) is 3.11. The number of anilines is 1.